The van der Waals surface area contributed by atoms with E-state index in [0.717, 1.165) is 62.9 Å². The van der Waals surface area contributed by atoms with Crippen LogP contribution in [-0.4, -0.2) is 51.8 Å². The first kappa shape index (κ1) is 17.4. The molecule has 0 radical (unpaired) electrons. The predicted molar refractivity (Wildman–Crippen MR) is 93.7 cm³/mol. The molecule has 134 valence electrons. The summed E-state index contributed by atoms with van der Waals surface area (Å²) in [5.74, 6) is 3.34. The van der Waals surface area contributed by atoms with Gasteiger partial charge in [0.2, 0.25) is 5.91 Å². The van der Waals surface area contributed by atoms with Gasteiger partial charge in [-0.2, -0.15) is 0 Å². The van der Waals surface area contributed by atoms with E-state index >= 15 is 0 Å². The van der Waals surface area contributed by atoms with Crippen molar-refractivity contribution in [1.29, 1.82) is 0 Å². The summed E-state index contributed by atoms with van der Waals surface area (Å²) in [6.45, 7) is 9.52. The molecular weight excluding hydrogens is 302 g/mol. The molecule has 0 aromatic carbocycles. The van der Waals surface area contributed by atoms with E-state index in [-0.39, 0.29) is 11.8 Å². The van der Waals surface area contributed by atoms with Gasteiger partial charge < -0.3 is 14.8 Å². The number of nitrogens with zero attached hydrogens (tertiary/aromatic N) is 4. The summed E-state index contributed by atoms with van der Waals surface area (Å²) >= 11 is 0. The van der Waals surface area contributed by atoms with Crippen molar-refractivity contribution in [3.05, 3.63) is 11.6 Å². The number of carbonyl (C=O) groups excluding carboxylic acids is 1. The first-order valence-corrected chi connectivity index (χ1v) is 9.58. The van der Waals surface area contributed by atoms with Gasteiger partial charge in [-0.1, -0.05) is 26.7 Å². The molecule has 1 aromatic heterocycles. The van der Waals surface area contributed by atoms with Gasteiger partial charge in [-0.25, -0.2) is 0 Å². The molecule has 1 atom stereocenters. The van der Waals surface area contributed by atoms with Gasteiger partial charge in [0.25, 0.3) is 0 Å². The van der Waals surface area contributed by atoms with Crippen LogP contribution >= 0.6 is 0 Å². The Hall–Kier alpha value is -1.43. The summed E-state index contributed by atoms with van der Waals surface area (Å²) in [5, 5.41) is 11.8. The number of carbonyl (C=O) groups is 1. The Balaban J connectivity index is 1.49. The van der Waals surface area contributed by atoms with Crippen LogP contribution in [0.1, 0.15) is 51.2 Å². The quantitative estimate of drug-likeness (QED) is 0.824. The fraction of sp³-hybridized carbons (Fsp3) is 0.833. The Labute approximate surface area is 145 Å². The summed E-state index contributed by atoms with van der Waals surface area (Å²) in [6, 6.07) is 0. The van der Waals surface area contributed by atoms with Crippen molar-refractivity contribution in [1.82, 2.24) is 25.0 Å². The van der Waals surface area contributed by atoms with Crippen molar-refractivity contribution < 1.29 is 4.79 Å². The highest BCUT2D eigenvalue weighted by atomic mass is 16.1. The maximum Gasteiger partial charge on any atom is 0.223 e. The topological polar surface area (TPSA) is 63.1 Å². The van der Waals surface area contributed by atoms with Gasteiger partial charge in [0.05, 0.1) is 0 Å². The molecule has 0 unspecified atom stereocenters. The highest BCUT2D eigenvalue weighted by Crippen LogP contribution is 2.26. The predicted octanol–water partition coefficient (Wildman–Crippen LogP) is 1.64. The number of hydrogen-bond acceptors (Lipinski definition) is 4. The van der Waals surface area contributed by atoms with Gasteiger partial charge in [0.15, 0.2) is 0 Å². The molecule has 6 heteroatoms. The summed E-state index contributed by atoms with van der Waals surface area (Å²) in [7, 11) is 0. The van der Waals surface area contributed by atoms with Crippen LogP contribution in [-0.2, 0) is 24.2 Å². The van der Waals surface area contributed by atoms with E-state index < -0.39 is 0 Å². The number of nitrogens with one attached hydrogen (secondary N) is 1. The van der Waals surface area contributed by atoms with Crippen LogP contribution in [0.3, 0.4) is 0 Å². The number of aromatic nitrogens is 3. The summed E-state index contributed by atoms with van der Waals surface area (Å²) in [6.07, 6.45) is 6.28. The largest absolute Gasteiger partial charge is 0.355 e. The Morgan fingerprint density at radius 2 is 2.12 bits per heavy atom. The van der Waals surface area contributed by atoms with Gasteiger partial charge in [-0.15, -0.1) is 10.2 Å². The third-order valence-corrected chi connectivity index (χ3v) is 5.59. The number of hydrogen-bond donors (Lipinski definition) is 1. The monoisotopic (exact) mass is 333 g/mol. The maximum absolute atomic E-state index is 11.9. The molecule has 1 aromatic rings. The van der Waals surface area contributed by atoms with E-state index in [1.54, 1.807) is 0 Å². The summed E-state index contributed by atoms with van der Waals surface area (Å²) in [5.41, 5.74) is 0. The molecule has 1 aliphatic heterocycles. The molecule has 24 heavy (non-hydrogen) atoms. The summed E-state index contributed by atoms with van der Waals surface area (Å²) in [4.78, 5) is 14.5. The lowest BCUT2D eigenvalue weighted by molar-refractivity contribution is -0.127. The van der Waals surface area contributed by atoms with Crippen molar-refractivity contribution in [2.24, 2.45) is 11.8 Å². The second-order valence-corrected chi connectivity index (χ2v) is 7.42. The fourth-order valence-corrected chi connectivity index (χ4v) is 3.48. The molecule has 0 spiro atoms. The van der Waals surface area contributed by atoms with Crippen molar-refractivity contribution in [3.8, 4) is 0 Å². The van der Waals surface area contributed by atoms with Crippen molar-refractivity contribution in [3.63, 3.8) is 0 Å². The minimum absolute atomic E-state index is 0.219. The van der Waals surface area contributed by atoms with Gasteiger partial charge in [0, 0.05) is 51.5 Å². The van der Waals surface area contributed by atoms with Crippen LogP contribution in [0.4, 0.5) is 0 Å². The minimum Gasteiger partial charge on any atom is -0.355 e. The molecule has 2 aliphatic rings. The SMILES string of the molecule is CC[C@H](C)CN1CCc2nnc(CCNC(=O)C3CCC3)n2CC1. The van der Waals surface area contributed by atoms with Crippen molar-refractivity contribution in [2.75, 3.05) is 26.2 Å². The molecule has 6 nitrogen and oxygen atoms in total. The lowest BCUT2D eigenvalue weighted by Gasteiger charge is -2.24. The second kappa shape index (κ2) is 8.10. The normalized spacial score (nSPS) is 20.1. The maximum atomic E-state index is 11.9. The molecule has 0 saturated heterocycles. The second-order valence-electron chi connectivity index (χ2n) is 7.42. The van der Waals surface area contributed by atoms with Crippen LogP contribution in [0.2, 0.25) is 0 Å². The molecule has 1 saturated carbocycles. The highest BCUT2D eigenvalue weighted by molar-refractivity contribution is 5.79. The molecule has 0 bridgehead atoms. The Morgan fingerprint density at radius 1 is 1.29 bits per heavy atom. The molecule has 1 amide bonds. The molecule has 1 aliphatic carbocycles. The van der Waals surface area contributed by atoms with E-state index in [1.807, 2.05) is 0 Å². The molecular formula is C18H31N5O. The smallest absolute Gasteiger partial charge is 0.223 e. The van der Waals surface area contributed by atoms with Crippen LogP contribution < -0.4 is 5.32 Å². The number of fused-ring (bicyclic) bond motifs is 1. The third-order valence-electron chi connectivity index (χ3n) is 5.59. The number of amides is 1. The van der Waals surface area contributed by atoms with Gasteiger partial charge >= 0.3 is 0 Å². The van der Waals surface area contributed by atoms with Crippen LogP contribution in [0.15, 0.2) is 0 Å². The highest BCUT2D eigenvalue weighted by Gasteiger charge is 2.25. The van der Waals surface area contributed by atoms with Crippen molar-refractivity contribution in [2.45, 2.75) is 58.9 Å². The molecule has 2 heterocycles. The average molecular weight is 333 g/mol. The lowest BCUT2D eigenvalue weighted by Crippen LogP contribution is -2.35. The molecule has 1 N–H and O–H groups in total. The van der Waals surface area contributed by atoms with E-state index in [4.69, 9.17) is 0 Å². The van der Waals surface area contributed by atoms with E-state index in [1.165, 1.54) is 19.4 Å². The Kier molecular flexibility index (Phi) is 5.87. The Bertz CT molecular complexity index is 552. The zero-order chi connectivity index (χ0) is 16.9. The third kappa shape index (κ3) is 4.15. The average Bonchev–Trinajstić information content (AvgIpc) is 2.79. The van der Waals surface area contributed by atoms with Crippen molar-refractivity contribution >= 4 is 5.91 Å². The summed E-state index contributed by atoms with van der Waals surface area (Å²) < 4.78 is 2.27. The van der Waals surface area contributed by atoms with Crippen LogP contribution in [0.25, 0.3) is 0 Å². The standard InChI is InChI=1S/C18H31N5O/c1-3-14(2)13-22-10-8-17-21-20-16(23(17)12-11-22)7-9-19-18(24)15-5-4-6-15/h14-15H,3-13H2,1-2H3,(H,19,24)/t14-/m0/s1. The minimum atomic E-state index is 0.219. The zero-order valence-corrected chi connectivity index (χ0v) is 15.1. The van der Waals surface area contributed by atoms with E-state index in [2.05, 4.69) is 38.8 Å². The first-order valence-electron chi connectivity index (χ1n) is 9.58. The molecule has 1 fully saturated rings. The van der Waals surface area contributed by atoms with E-state index in [0.29, 0.717) is 6.54 Å². The number of rotatable bonds is 7. The van der Waals surface area contributed by atoms with Gasteiger partial charge in [0.1, 0.15) is 11.6 Å². The Morgan fingerprint density at radius 3 is 2.83 bits per heavy atom. The molecule has 3 rings (SSSR count). The van der Waals surface area contributed by atoms with Gasteiger partial charge in [-0.3, -0.25) is 4.79 Å². The van der Waals surface area contributed by atoms with E-state index in [9.17, 15) is 4.79 Å². The van der Waals surface area contributed by atoms with Crippen LogP contribution in [0.5, 0.6) is 0 Å². The first-order chi connectivity index (χ1) is 11.7. The fourth-order valence-electron chi connectivity index (χ4n) is 3.48. The zero-order valence-electron chi connectivity index (χ0n) is 15.1. The van der Waals surface area contributed by atoms with Crippen LogP contribution in [0, 0.1) is 11.8 Å². The lowest BCUT2D eigenvalue weighted by atomic mass is 9.85. The van der Waals surface area contributed by atoms with Gasteiger partial charge in [-0.05, 0) is 18.8 Å².